The van der Waals surface area contributed by atoms with Crippen molar-refractivity contribution in [3.8, 4) is 0 Å². The second-order valence-corrected chi connectivity index (χ2v) is 6.77. The van der Waals surface area contributed by atoms with Crippen molar-refractivity contribution in [3.05, 3.63) is 29.8 Å². The van der Waals surface area contributed by atoms with Crippen LogP contribution in [0.15, 0.2) is 24.3 Å². The number of amides is 2. The molecule has 0 bridgehead atoms. The maximum atomic E-state index is 13.0. The number of carbonyl (C=O) groups is 2. The zero-order chi connectivity index (χ0) is 16.9. The van der Waals surface area contributed by atoms with Crippen LogP contribution in [-0.4, -0.2) is 49.6 Å². The predicted octanol–water partition coefficient (Wildman–Crippen LogP) is 2.38. The number of benzene rings is 1. The Bertz CT molecular complexity index is 590. The topological polar surface area (TPSA) is 49.9 Å². The van der Waals surface area contributed by atoms with Crippen LogP contribution in [0.5, 0.6) is 0 Å². The van der Waals surface area contributed by atoms with Crippen LogP contribution in [0.2, 0.25) is 0 Å². The highest BCUT2D eigenvalue weighted by atomic mass is 16.5. The van der Waals surface area contributed by atoms with Gasteiger partial charge in [0.1, 0.15) is 6.54 Å². The number of nitrogens with zero attached hydrogens (tertiary/aromatic N) is 2. The summed E-state index contributed by atoms with van der Waals surface area (Å²) in [6.45, 7) is 4.82. The van der Waals surface area contributed by atoms with Crippen LogP contribution < -0.4 is 4.90 Å². The molecule has 0 radical (unpaired) electrons. The highest BCUT2D eigenvalue weighted by Crippen LogP contribution is 2.23. The molecule has 1 aromatic carbocycles. The second-order valence-electron chi connectivity index (χ2n) is 6.77. The number of rotatable bonds is 4. The van der Waals surface area contributed by atoms with Crippen LogP contribution >= 0.6 is 0 Å². The Morgan fingerprint density at radius 1 is 1.25 bits per heavy atom. The molecule has 3 rings (SSSR count). The highest BCUT2D eigenvalue weighted by Gasteiger charge is 2.31. The monoisotopic (exact) mass is 330 g/mol. The number of aryl methyl sites for hydroxylation is 1. The zero-order valence-electron chi connectivity index (χ0n) is 14.4. The van der Waals surface area contributed by atoms with Gasteiger partial charge in [0.15, 0.2) is 0 Å². The molecule has 0 aliphatic carbocycles. The lowest BCUT2D eigenvalue weighted by molar-refractivity contribution is -0.132. The van der Waals surface area contributed by atoms with Crippen molar-refractivity contribution in [2.45, 2.75) is 32.6 Å². The van der Waals surface area contributed by atoms with Gasteiger partial charge in [0, 0.05) is 25.4 Å². The van der Waals surface area contributed by atoms with Gasteiger partial charge in [-0.1, -0.05) is 12.1 Å². The third kappa shape index (κ3) is 3.96. The normalized spacial score (nSPS) is 20.9. The fourth-order valence-corrected chi connectivity index (χ4v) is 3.42. The van der Waals surface area contributed by atoms with Crippen LogP contribution in [0, 0.1) is 12.8 Å². The Hall–Kier alpha value is -1.88. The van der Waals surface area contributed by atoms with E-state index in [1.807, 2.05) is 36.1 Å². The van der Waals surface area contributed by atoms with E-state index in [2.05, 4.69) is 0 Å². The summed E-state index contributed by atoms with van der Waals surface area (Å²) in [5, 5.41) is 0. The molecule has 2 saturated heterocycles. The van der Waals surface area contributed by atoms with Crippen molar-refractivity contribution in [2.24, 2.45) is 5.92 Å². The van der Waals surface area contributed by atoms with Gasteiger partial charge in [-0.05, 0) is 50.3 Å². The first-order chi connectivity index (χ1) is 11.6. The van der Waals surface area contributed by atoms with Gasteiger partial charge in [-0.2, -0.15) is 0 Å². The van der Waals surface area contributed by atoms with Crippen molar-refractivity contribution in [1.29, 1.82) is 0 Å². The Balaban J connectivity index is 1.78. The lowest BCUT2D eigenvalue weighted by Crippen LogP contribution is -2.46. The molecule has 1 aromatic rings. The molecule has 2 aliphatic rings. The van der Waals surface area contributed by atoms with Crippen LogP contribution in [0.4, 0.5) is 5.69 Å². The Labute approximate surface area is 143 Å². The standard InChI is InChI=1S/C19H26N2O3/c1-15-6-5-7-17(12-15)21(19(23)16-8-11-24-14-16)13-18(22)20-9-3-2-4-10-20/h5-7,12,16H,2-4,8-11,13-14H2,1H3/t16-/m1/s1. The molecule has 1 atom stereocenters. The summed E-state index contributed by atoms with van der Waals surface area (Å²) < 4.78 is 5.37. The lowest BCUT2D eigenvalue weighted by Gasteiger charge is -2.31. The van der Waals surface area contributed by atoms with E-state index in [0.717, 1.165) is 43.6 Å². The molecule has 0 unspecified atom stereocenters. The maximum Gasteiger partial charge on any atom is 0.242 e. The summed E-state index contributed by atoms with van der Waals surface area (Å²) >= 11 is 0. The Morgan fingerprint density at radius 2 is 2.04 bits per heavy atom. The van der Waals surface area contributed by atoms with Crippen molar-refractivity contribution in [3.63, 3.8) is 0 Å². The van der Waals surface area contributed by atoms with Crippen molar-refractivity contribution >= 4 is 17.5 Å². The number of hydrogen-bond acceptors (Lipinski definition) is 3. The van der Waals surface area contributed by atoms with E-state index in [-0.39, 0.29) is 24.3 Å². The molecule has 5 heteroatoms. The van der Waals surface area contributed by atoms with Crippen molar-refractivity contribution in [1.82, 2.24) is 4.90 Å². The molecule has 130 valence electrons. The molecule has 2 amide bonds. The first-order valence-electron chi connectivity index (χ1n) is 8.89. The number of ether oxygens (including phenoxy) is 1. The molecule has 2 aliphatic heterocycles. The fourth-order valence-electron chi connectivity index (χ4n) is 3.42. The van der Waals surface area contributed by atoms with E-state index in [1.165, 1.54) is 6.42 Å². The van der Waals surface area contributed by atoms with E-state index in [9.17, 15) is 9.59 Å². The maximum absolute atomic E-state index is 13.0. The number of hydrogen-bond donors (Lipinski definition) is 0. The Morgan fingerprint density at radius 3 is 2.71 bits per heavy atom. The minimum Gasteiger partial charge on any atom is -0.381 e. The van der Waals surface area contributed by atoms with Crippen LogP contribution in [0.3, 0.4) is 0 Å². The molecule has 0 spiro atoms. The second kappa shape index (κ2) is 7.79. The first kappa shape index (κ1) is 17.0. The summed E-state index contributed by atoms with van der Waals surface area (Å²) in [5.74, 6) is -0.0911. The van der Waals surface area contributed by atoms with Gasteiger partial charge in [-0.15, -0.1) is 0 Å². The van der Waals surface area contributed by atoms with Gasteiger partial charge < -0.3 is 14.5 Å². The quantitative estimate of drug-likeness (QED) is 0.852. The van der Waals surface area contributed by atoms with Gasteiger partial charge >= 0.3 is 0 Å². The third-order valence-corrected chi connectivity index (χ3v) is 4.86. The number of anilines is 1. The van der Waals surface area contributed by atoms with Crippen molar-refractivity contribution < 1.29 is 14.3 Å². The highest BCUT2D eigenvalue weighted by molar-refractivity contribution is 6.00. The minimum atomic E-state index is -0.139. The van der Waals surface area contributed by atoms with E-state index < -0.39 is 0 Å². The van der Waals surface area contributed by atoms with Crippen LogP contribution in [-0.2, 0) is 14.3 Å². The smallest absolute Gasteiger partial charge is 0.242 e. The third-order valence-electron chi connectivity index (χ3n) is 4.86. The largest absolute Gasteiger partial charge is 0.381 e. The zero-order valence-corrected chi connectivity index (χ0v) is 14.4. The SMILES string of the molecule is Cc1cccc(N(CC(=O)N2CCCCC2)C(=O)[C@@H]2CCOC2)c1. The fraction of sp³-hybridized carbons (Fsp3) is 0.579. The number of piperidine rings is 1. The molecule has 5 nitrogen and oxygen atoms in total. The van der Waals surface area contributed by atoms with E-state index in [0.29, 0.717) is 13.2 Å². The number of carbonyl (C=O) groups excluding carboxylic acids is 2. The molecule has 2 fully saturated rings. The van der Waals surface area contributed by atoms with Crippen molar-refractivity contribution in [2.75, 3.05) is 37.7 Å². The van der Waals surface area contributed by atoms with Gasteiger partial charge in [-0.25, -0.2) is 0 Å². The predicted molar refractivity (Wildman–Crippen MR) is 92.9 cm³/mol. The molecule has 0 aromatic heterocycles. The minimum absolute atomic E-state index is 0.00320. The molecular weight excluding hydrogens is 304 g/mol. The van der Waals surface area contributed by atoms with Gasteiger partial charge in [-0.3, -0.25) is 9.59 Å². The summed E-state index contributed by atoms with van der Waals surface area (Å²) in [4.78, 5) is 29.2. The molecule has 0 N–H and O–H groups in total. The number of likely N-dealkylation sites (tertiary alicyclic amines) is 1. The molecule has 24 heavy (non-hydrogen) atoms. The van der Waals surface area contributed by atoms with Crippen LogP contribution in [0.25, 0.3) is 0 Å². The van der Waals surface area contributed by atoms with Crippen LogP contribution in [0.1, 0.15) is 31.2 Å². The van der Waals surface area contributed by atoms with Gasteiger partial charge in [0.2, 0.25) is 11.8 Å². The first-order valence-corrected chi connectivity index (χ1v) is 8.89. The molecular formula is C19H26N2O3. The summed E-state index contributed by atoms with van der Waals surface area (Å²) in [7, 11) is 0. The van der Waals surface area contributed by atoms with E-state index in [1.54, 1.807) is 4.90 Å². The lowest BCUT2D eigenvalue weighted by atomic mass is 10.1. The van der Waals surface area contributed by atoms with E-state index in [4.69, 9.17) is 4.74 Å². The van der Waals surface area contributed by atoms with Gasteiger partial charge in [0.25, 0.3) is 0 Å². The average Bonchev–Trinajstić information content (AvgIpc) is 3.14. The molecule has 0 saturated carbocycles. The molecule has 2 heterocycles. The summed E-state index contributed by atoms with van der Waals surface area (Å²) in [5.41, 5.74) is 1.88. The van der Waals surface area contributed by atoms with Gasteiger partial charge in [0.05, 0.1) is 12.5 Å². The Kier molecular flexibility index (Phi) is 5.51. The summed E-state index contributed by atoms with van der Waals surface area (Å²) in [6, 6.07) is 7.81. The average molecular weight is 330 g/mol. The summed E-state index contributed by atoms with van der Waals surface area (Å²) in [6.07, 6.45) is 4.03. The van der Waals surface area contributed by atoms with E-state index >= 15 is 0 Å².